The van der Waals surface area contributed by atoms with E-state index < -0.39 is 17.6 Å². The monoisotopic (exact) mass is 354 g/mol. The molecule has 108 valence electrons. The fourth-order valence-corrected chi connectivity index (χ4v) is 2.03. The summed E-state index contributed by atoms with van der Waals surface area (Å²) in [5.41, 5.74) is 0.622. The van der Waals surface area contributed by atoms with Gasteiger partial charge in [-0.05, 0) is 51.8 Å². The molecule has 0 aliphatic rings. The summed E-state index contributed by atoms with van der Waals surface area (Å²) in [7, 11) is 0. The lowest BCUT2D eigenvalue weighted by Crippen LogP contribution is -1.92. The second kappa shape index (κ2) is 6.49. The second-order valence-corrected chi connectivity index (χ2v) is 4.87. The Balaban J connectivity index is 2.25. The lowest BCUT2D eigenvalue weighted by Gasteiger charge is -2.09. The summed E-state index contributed by atoms with van der Waals surface area (Å²) in [6, 6.07) is 8.37. The molecule has 2 rings (SSSR count). The van der Waals surface area contributed by atoms with Crippen LogP contribution in [0.15, 0.2) is 46.9 Å². The van der Waals surface area contributed by atoms with Crippen LogP contribution in [-0.4, -0.2) is 11.1 Å². The Hall–Kier alpha value is -2.21. The van der Waals surface area contributed by atoms with Crippen LogP contribution in [0.5, 0.6) is 11.5 Å². The highest BCUT2D eigenvalue weighted by Gasteiger charge is 2.11. The molecule has 0 saturated carbocycles. The average Bonchev–Trinajstić information content (AvgIpc) is 2.44. The van der Waals surface area contributed by atoms with E-state index in [1.807, 2.05) is 0 Å². The number of halogens is 3. The van der Waals surface area contributed by atoms with E-state index in [4.69, 9.17) is 9.84 Å². The number of carbonyl (C=O) groups is 1. The van der Waals surface area contributed by atoms with Gasteiger partial charge in [0.05, 0.1) is 4.47 Å². The molecule has 2 aromatic rings. The minimum atomic E-state index is -1.07. The lowest BCUT2D eigenvalue weighted by molar-refractivity contribution is -0.131. The van der Waals surface area contributed by atoms with Crippen molar-refractivity contribution in [1.82, 2.24) is 0 Å². The van der Waals surface area contributed by atoms with Crippen LogP contribution in [0.1, 0.15) is 5.56 Å². The van der Waals surface area contributed by atoms with Crippen molar-refractivity contribution < 1.29 is 23.4 Å². The molecule has 0 amide bonds. The predicted octanol–water partition coefficient (Wildman–Crippen LogP) is 4.62. The minimum absolute atomic E-state index is 0.232. The first-order chi connectivity index (χ1) is 9.97. The van der Waals surface area contributed by atoms with Crippen LogP contribution in [0.25, 0.3) is 6.08 Å². The molecule has 0 fully saturated rings. The maximum absolute atomic E-state index is 13.5. The zero-order chi connectivity index (χ0) is 15.4. The number of carboxylic acid groups (broad SMARTS) is 1. The molecule has 21 heavy (non-hydrogen) atoms. The molecule has 3 nitrogen and oxygen atoms in total. The summed E-state index contributed by atoms with van der Waals surface area (Å²) >= 11 is 3.23. The normalized spacial score (nSPS) is 10.8. The van der Waals surface area contributed by atoms with Gasteiger partial charge in [0.2, 0.25) is 5.82 Å². The second-order valence-electron chi connectivity index (χ2n) is 4.02. The van der Waals surface area contributed by atoms with Gasteiger partial charge in [0, 0.05) is 6.08 Å². The summed E-state index contributed by atoms with van der Waals surface area (Å²) in [5, 5.41) is 8.55. The zero-order valence-corrected chi connectivity index (χ0v) is 12.1. The standard InChI is InChI=1S/C15H9BrF2O3/c16-10-8-9(5-7-14(19)20)4-6-12(10)21-13-3-1-2-11(17)15(13)18/h1-8H,(H,19,20)/b7-5+. The molecule has 1 N–H and O–H groups in total. The van der Waals surface area contributed by atoms with Gasteiger partial charge in [0.1, 0.15) is 5.75 Å². The maximum atomic E-state index is 13.5. The van der Waals surface area contributed by atoms with Crippen molar-refractivity contribution in [3.63, 3.8) is 0 Å². The average molecular weight is 355 g/mol. The summed E-state index contributed by atoms with van der Waals surface area (Å²) < 4.78 is 32.4. The Kier molecular flexibility index (Phi) is 4.70. The quantitative estimate of drug-likeness (QED) is 0.815. The van der Waals surface area contributed by atoms with Gasteiger partial charge in [-0.2, -0.15) is 4.39 Å². The van der Waals surface area contributed by atoms with E-state index in [9.17, 15) is 13.6 Å². The summed E-state index contributed by atoms with van der Waals surface area (Å²) in [5.74, 6) is -3.08. The number of hydrogen-bond donors (Lipinski definition) is 1. The molecule has 2 aromatic carbocycles. The Labute approximate surface area is 127 Å². The Morgan fingerprint density at radius 3 is 2.62 bits per heavy atom. The first kappa shape index (κ1) is 15.2. The van der Waals surface area contributed by atoms with Crippen LogP contribution in [0, 0.1) is 11.6 Å². The van der Waals surface area contributed by atoms with E-state index >= 15 is 0 Å². The van der Waals surface area contributed by atoms with Gasteiger partial charge in [-0.15, -0.1) is 0 Å². The van der Waals surface area contributed by atoms with Crippen LogP contribution in [0.3, 0.4) is 0 Å². The predicted molar refractivity (Wildman–Crippen MR) is 77.2 cm³/mol. The Bertz CT molecular complexity index is 714. The summed E-state index contributed by atoms with van der Waals surface area (Å²) in [6.45, 7) is 0. The van der Waals surface area contributed by atoms with Crippen LogP contribution >= 0.6 is 15.9 Å². The smallest absolute Gasteiger partial charge is 0.328 e. The number of carboxylic acids is 1. The van der Waals surface area contributed by atoms with Gasteiger partial charge < -0.3 is 9.84 Å². The fourth-order valence-electron chi connectivity index (χ4n) is 1.55. The highest BCUT2D eigenvalue weighted by molar-refractivity contribution is 9.10. The molecule has 0 bridgehead atoms. The summed E-state index contributed by atoms with van der Waals surface area (Å²) in [6.07, 6.45) is 2.40. The van der Waals surface area contributed by atoms with Gasteiger partial charge in [0.15, 0.2) is 11.6 Å². The van der Waals surface area contributed by atoms with Crippen molar-refractivity contribution in [2.75, 3.05) is 0 Å². The molecular weight excluding hydrogens is 346 g/mol. The molecule has 0 unspecified atom stereocenters. The van der Waals surface area contributed by atoms with Crippen LogP contribution in [-0.2, 0) is 4.79 Å². The van der Waals surface area contributed by atoms with Crippen molar-refractivity contribution in [1.29, 1.82) is 0 Å². The summed E-state index contributed by atoms with van der Waals surface area (Å²) in [4.78, 5) is 10.4. The third kappa shape index (κ3) is 3.88. The van der Waals surface area contributed by atoms with E-state index in [0.717, 1.165) is 12.1 Å². The molecule has 0 atom stereocenters. The van der Waals surface area contributed by atoms with Gasteiger partial charge in [-0.3, -0.25) is 0 Å². The van der Waals surface area contributed by atoms with Gasteiger partial charge in [0.25, 0.3) is 0 Å². The Morgan fingerprint density at radius 2 is 1.95 bits per heavy atom. The van der Waals surface area contributed by atoms with E-state index in [0.29, 0.717) is 10.0 Å². The van der Waals surface area contributed by atoms with Crippen molar-refractivity contribution in [3.05, 3.63) is 64.1 Å². The maximum Gasteiger partial charge on any atom is 0.328 e. The number of aliphatic carboxylic acids is 1. The third-order valence-electron chi connectivity index (χ3n) is 2.51. The molecular formula is C15H9BrF2O3. The molecule has 0 heterocycles. The number of benzene rings is 2. The molecule has 6 heteroatoms. The number of ether oxygens (including phenoxy) is 1. The largest absolute Gasteiger partial charge is 0.478 e. The first-order valence-corrected chi connectivity index (χ1v) is 6.59. The highest BCUT2D eigenvalue weighted by Crippen LogP contribution is 2.32. The van der Waals surface area contributed by atoms with Crippen molar-refractivity contribution >= 4 is 28.0 Å². The Morgan fingerprint density at radius 1 is 1.19 bits per heavy atom. The van der Waals surface area contributed by atoms with Gasteiger partial charge in [-0.1, -0.05) is 12.1 Å². The molecule has 0 aromatic heterocycles. The van der Waals surface area contributed by atoms with Gasteiger partial charge in [-0.25, -0.2) is 9.18 Å². The fraction of sp³-hybridized carbons (Fsp3) is 0. The zero-order valence-electron chi connectivity index (χ0n) is 10.5. The number of rotatable bonds is 4. The van der Waals surface area contributed by atoms with E-state index in [2.05, 4.69) is 15.9 Å². The van der Waals surface area contributed by atoms with Crippen molar-refractivity contribution in [3.8, 4) is 11.5 Å². The van der Waals surface area contributed by atoms with Gasteiger partial charge >= 0.3 is 5.97 Å². The minimum Gasteiger partial charge on any atom is -0.478 e. The number of hydrogen-bond acceptors (Lipinski definition) is 2. The first-order valence-electron chi connectivity index (χ1n) is 5.80. The molecule has 0 spiro atoms. The molecule has 0 aliphatic heterocycles. The van der Waals surface area contributed by atoms with Crippen LogP contribution < -0.4 is 4.74 Å². The van der Waals surface area contributed by atoms with E-state index in [1.165, 1.54) is 24.3 Å². The van der Waals surface area contributed by atoms with E-state index in [1.54, 1.807) is 12.1 Å². The van der Waals surface area contributed by atoms with Crippen LogP contribution in [0.4, 0.5) is 8.78 Å². The topological polar surface area (TPSA) is 46.5 Å². The highest BCUT2D eigenvalue weighted by atomic mass is 79.9. The molecule has 0 radical (unpaired) electrons. The molecule has 0 saturated heterocycles. The van der Waals surface area contributed by atoms with Crippen LogP contribution in [0.2, 0.25) is 0 Å². The lowest BCUT2D eigenvalue weighted by atomic mass is 10.2. The van der Waals surface area contributed by atoms with Crippen molar-refractivity contribution in [2.24, 2.45) is 0 Å². The van der Waals surface area contributed by atoms with Crippen molar-refractivity contribution in [2.45, 2.75) is 0 Å². The molecule has 0 aliphatic carbocycles. The SMILES string of the molecule is O=C(O)/C=C/c1ccc(Oc2cccc(F)c2F)c(Br)c1. The van der Waals surface area contributed by atoms with E-state index in [-0.39, 0.29) is 11.5 Å². The third-order valence-corrected chi connectivity index (χ3v) is 3.13.